The van der Waals surface area contributed by atoms with Crippen LogP contribution in [0.5, 0.6) is 5.75 Å². The molecule has 0 spiro atoms. The van der Waals surface area contributed by atoms with Crippen LogP contribution in [0.3, 0.4) is 0 Å². The molecule has 0 fully saturated rings. The summed E-state index contributed by atoms with van der Waals surface area (Å²) in [4.78, 5) is 18.2. The summed E-state index contributed by atoms with van der Waals surface area (Å²) < 4.78 is 15.3. The highest BCUT2D eigenvalue weighted by molar-refractivity contribution is 9.11. The predicted octanol–water partition coefficient (Wildman–Crippen LogP) is 4.70. The second-order valence-corrected chi connectivity index (χ2v) is 8.76. The molecule has 0 aliphatic heterocycles. The highest BCUT2D eigenvalue weighted by Gasteiger charge is 2.14. The average molecular weight is 455 g/mol. The lowest BCUT2D eigenvalue weighted by Crippen LogP contribution is -2.20. The zero-order chi connectivity index (χ0) is 18.5. The second kappa shape index (κ2) is 8.94. The summed E-state index contributed by atoms with van der Waals surface area (Å²) in [5.41, 5.74) is 0.956. The van der Waals surface area contributed by atoms with Gasteiger partial charge in [-0.15, -0.1) is 11.3 Å². The Kier molecular flexibility index (Phi) is 6.63. The number of carbonyl (C=O) groups excluding carboxylic acids is 1. The molecule has 0 saturated heterocycles. The number of rotatable bonds is 7. The van der Waals surface area contributed by atoms with E-state index in [9.17, 15) is 4.79 Å². The lowest BCUT2D eigenvalue weighted by Gasteiger charge is -2.09. The van der Waals surface area contributed by atoms with E-state index in [1.807, 2.05) is 42.7 Å². The number of thiazole rings is 1. The van der Waals surface area contributed by atoms with Gasteiger partial charge in [0.25, 0.3) is 5.91 Å². The van der Waals surface area contributed by atoms with E-state index in [2.05, 4.69) is 20.9 Å². The third-order valence-corrected chi connectivity index (χ3v) is 6.26. The van der Waals surface area contributed by atoms with Crippen LogP contribution in [0.25, 0.3) is 10.2 Å². The van der Waals surface area contributed by atoms with Crippen LogP contribution in [-0.4, -0.2) is 30.3 Å². The van der Waals surface area contributed by atoms with Gasteiger partial charge in [-0.05, 0) is 54.0 Å². The first-order chi connectivity index (χ1) is 12.6. The highest BCUT2D eigenvalue weighted by Crippen LogP contribution is 2.28. The maximum atomic E-state index is 12.6. The molecule has 0 N–H and O–H groups in total. The molecule has 0 bridgehead atoms. The minimum absolute atomic E-state index is 0.240. The van der Waals surface area contributed by atoms with Gasteiger partial charge >= 0.3 is 0 Å². The maximum Gasteiger partial charge on any atom is 0.289 e. The largest absolute Gasteiger partial charge is 0.492 e. The third kappa shape index (κ3) is 4.25. The summed E-state index contributed by atoms with van der Waals surface area (Å²) in [6, 6.07) is 9.56. The van der Waals surface area contributed by atoms with Crippen molar-refractivity contribution in [3.8, 4) is 5.75 Å². The zero-order valence-electron chi connectivity index (χ0n) is 14.5. The molecule has 0 radical (unpaired) electrons. The molecule has 8 heteroatoms. The van der Waals surface area contributed by atoms with Crippen LogP contribution in [0.1, 0.15) is 23.5 Å². The van der Waals surface area contributed by atoms with E-state index in [4.69, 9.17) is 9.47 Å². The fraction of sp³-hybridized carbons (Fsp3) is 0.333. The average Bonchev–Trinajstić information content (AvgIpc) is 3.20. The minimum Gasteiger partial charge on any atom is -0.492 e. The Bertz CT molecular complexity index is 974. The lowest BCUT2D eigenvalue weighted by molar-refractivity contribution is 0.100. The third-order valence-electron chi connectivity index (χ3n) is 3.61. The van der Waals surface area contributed by atoms with Gasteiger partial charge in [0.1, 0.15) is 11.3 Å². The van der Waals surface area contributed by atoms with E-state index in [0.717, 1.165) is 19.8 Å². The molecule has 26 heavy (non-hydrogen) atoms. The number of amides is 1. The van der Waals surface area contributed by atoms with Crippen molar-refractivity contribution in [2.45, 2.75) is 20.4 Å². The molecule has 3 rings (SSSR count). The molecule has 0 atom stereocenters. The van der Waals surface area contributed by atoms with Crippen molar-refractivity contribution in [3.63, 3.8) is 0 Å². The van der Waals surface area contributed by atoms with E-state index in [-0.39, 0.29) is 5.91 Å². The lowest BCUT2D eigenvalue weighted by atomic mass is 10.3. The highest BCUT2D eigenvalue weighted by atomic mass is 79.9. The fourth-order valence-electron chi connectivity index (χ4n) is 2.53. The first-order valence-electron chi connectivity index (χ1n) is 8.31. The quantitative estimate of drug-likeness (QED) is 0.486. The van der Waals surface area contributed by atoms with Crippen LogP contribution in [0.15, 0.2) is 39.1 Å². The van der Waals surface area contributed by atoms with Gasteiger partial charge in [0.15, 0.2) is 4.80 Å². The summed E-state index contributed by atoms with van der Waals surface area (Å²) in [5.74, 6) is 0.556. The maximum absolute atomic E-state index is 12.6. The van der Waals surface area contributed by atoms with Gasteiger partial charge in [-0.3, -0.25) is 4.79 Å². The number of thiophene rings is 1. The van der Waals surface area contributed by atoms with Gasteiger partial charge in [-0.1, -0.05) is 17.4 Å². The fourth-order valence-corrected chi connectivity index (χ4v) is 4.88. The Morgan fingerprint density at radius 1 is 1.19 bits per heavy atom. The van der Waals surface area contributed by atoms with Crippen LogP contribution in [0.4, 0.5) is 0 Å². The van der Waals surface area contributed by atoms with Crippen LogP contribution >= 0.6 is 38.6 Å². The standard InChI is InChI=1S/C18H19BrN2O3S2/c1-3-23-11-10-21-16-12(24-4-2)6-5-7-13(16)26-18(21)20-17(22)14-8-9-15(19)25-14/h5-9H,3-4,10-11H2,1-2H3. The Morgan fingerprint density at radius 3 is 2.73 bits per heavy atom. The molecule has 138 valence electrons. The smallest absolute Gasteiger partial charge is 0.289 e. The molecular weight excluding hydrogens is 436 g/mol. The van der Waals surface area contributed by atoms with Crippen molar-refractivity contribution in [2.24, 2.45) is 4.99 Å². The number of fused-ring (bicyclic) bond motifs is 1. The first kappa shape index (κ1) is 19.3. The monoisotopic (exact) mass is 454 g/mol. The Morgan fingerprint density at radius 2 is 2.04 bits per heavy atom. The number of benzene rings is 1. The topological polar surface area (TPSA) is 52.8 Å². The van der Waals surface area contributed by atoms with Gasteiger partial charge in [0.2, 0.25) is 0 Å². The van der Waals surface area contributed by atoms with E-state index in [0.29, 0.717) is 36.0 Å². The number of nitrogens with zero attached hydrogens (tertiary/aromatic N) is 2. The number of hydrogen-bond donors (Lipinski definition) is 0. The molecule has 0 aliphatic rings. The summed E-state index contributed by atoms with van der Waals surface area (Å²) >= 11 is 6.25. The minimum atomic E-state index is -0.240. The van der Waals surface area contributed by atoms with Crippen LogP contribution in [0, 0.1) is 0 Å². The van der Waals surface area contributed by atoms with E-state index < -0.39 is 0 Å². The zero-order valence-corrected chi connectivity index (χ0v) is 17.7. The van der Waals surface area contributed by atoms with Crippen LogP contribution < -0.4 is 9.54 Å². The molecule has 1 aromatic carbocycles. The summed E-state index contributed by atoms with van der Waals surface area (Å²) in [7, 11) is 0. The first-order valence-corrected chi connectivity index (χ1v) is 10.7. The number of hydrogen-bond acceptors (Lipinski definition) is 5. The molecular formula is C18H19BrN2O3S2. The van der Waals surface area contributed by atoms with E-state index in [1.165, 1.54) is 22.7 Å². The molecule has 2 aromatic heterocycles. The van der Waals surface area contributed by atoms with Crippen molar-refractivity contribution >= 4 is 54.7 Å². The van der Waals surface area contributed by atoms with Crippen molar-refractivity contribution in [1.82, 2.24) is 4.57 Å². The number of halogens is 1. The van der Waals surface area contributed by atoms with Crippen molar-refractivity contribution < 1.29 is 14.3 Å². The molecule has 0 saturated carbocycles. The summed E-state index contributed by atoms with van der Waals surface area (Å²) in [6.45, 7) is 6.31. The van der Waals surface area contributed by atoms with E-state index in [1.54, 1.807) is 6.07 Å². The van der Waals surface area contributed by atoms with Gasteiger partial charge in [-0.25, -0.2) is 0 Å². The predicted molar refractivity (Wildman–Crippen MR) is 109 cm³/mol. The van der Waals surface area contributed by atoms with Crippen molar-refractivity contribution in [1.29, 1.82) is 0 Å². The van der Waals surface area contributed by atoms with Gasteiger partial charge in [-0.2, -0.15) is 4.99 Å². The van der Waals surface area contributed by atoms with Crippen molar-refractivity contribution in [3.05, 3.63) is 43.8 Å². The second-order valence-electron chi connectivity index (χ2n) is 5.29. The number of para-hydroxylation sites is 1. The SMILES string of the molecule is CCOCCn1c(=NC(=O)c2ccc(Br)s2)sc2cccc(OCC)c21. The summed E-state index contributed by atoms with van der Waals surface area (Å²) in [5, 5.41) is 0. The number of ether oxygens (including phenoxy) is 2. The molecule has 0 aliphatic carbocycles. The Hall–Kier alpha value is -1.48. The normalized spacial score (nSPS) is 12.0. The number of aromatic nitrogens is 1. The molecule has 0 unspecified atom stereocenters. The Balaban J connectivity index is 2.10. The van der Waals surface area contributed by atoms with Gasteiger partial charge in [0.05, 0.1) is 26.6 Å². The number of carbonyl (C=O) groups is 1. The molecule has 2 heterocycles. The molecule has 3 aromatic rings. The van der Waals surface area contributed by atoms with Crippen LogP contribution in [0.2, 0.25) is 0 Å². The summed E-state index contributed by atoms with van der Waals surface area (Å²) in [6.07, 6.45) is 0. The Labute approximate surface area is 168 Å². The molecule has 5 nitrogen and oxygen atoms in total. The van der Waals surface area contributed by atoms with Gasteiger partial charge in [0, 0.05) is 13.2 Å². The van der Waals surface area contributed by atoms with Crippen LogP contribution in [-0.2, 0) is 11.3 Å². The van der Waals surface area contributed by atoms with E-state index >= 15 is 0 Å². The molecule has 1 amide bonds. The van der Waals surface area contributed by atoms with Crippen molar-refractivity contribution in [2.75, 3.05) is 19.8 Å². The van der Waals surface area contributed by atoms with Gasteiger partial charge < -0.3 is 14.0 Å².